The minimum absolute atomic E-state index is 0.0326. The highest BCUT2D eigenvalue weighted by Gasteiger charge is 2.40. The Morgan fingerprint density at radius 2 is 1.86 bits per heavy atom. The molecule has 0 aliphatic heterocycles. The number of halogens is 1. The van der Waals surface area contributed by atoms with E-state index in [0.29, 0.717) is 31.4 Å². The molecule has 3 N–H and O–H groups in total. The number of aliphatic hydroxyl groups excluding tert-OH is 3. The topological polar surface area (TPSA) is 90.1 Å². The van der Waals surface area contributed by atoms with Crippen LogP contribution in [0.2, 0.25) is 0 Å². The van der Waals surface area contributed by atoms with E-state index in [0.717, 1.165) is 32.1 Å². The van der Waals surface area contributed by atoms with Crippen LogP contribution in [0.4, 0.5) is 10.1 Å². The van der Waals surface area contributed by atoms with Gasteiger partial charge in [0.25, 0.3) is 0 Å². The molecule has 0 amide bonds. The van der Waals surface area contributed by atoms with Crippen molar-refractivity contribution in [1.29, 1.82) is 0 Å². The van der Waals surface area contributed by atoms with Crippen molar-refractivity contribution in [3.8, 4) is 0 Å². The maximum atomic E-state index is 13.2. The lowest BCUT2D eigenvalue weighted by Crippen LogP contribution is -2.24. The van der Waals surface area contributed by atoms with E-state index in [4.69, 9.17) is 0 Å². The fraction of sp³-hybridized carbons (Fsp3) is 0.652. The van der Waals surface area contributed by atoms with Gasteiger partial charge in [0.1, 0.15) is 11.6 Å². The molecule has 162 valence electrons. The number of aliphatic hydroxyl groups is 3. The van der Waals surface area contributed by atoms with Crippen molar-refractivity contribution in [1.82, 2.24) is 0 Å². The maximum absolute atomic E-state index is 13.2. The van der Waals surface area contributed by atoms with Crippen molar-refractivity contribution in [2.75, 3.05) is 0 Å². The molecule has 5 atom stereocenters. The monoisotopic (exact) mass is 407 g/mol. The molecule has 0 bridgehead atoms. The Kier molecular flexibility index (Phi) is 9.91. The van der Waals surface area contributed by atoms with Crippen molar-refractivity contribution in [2.24, 2.45) is 16.8 Å². The summed E-state index contributed by atoms with van der Waals surface area (Å²) in [6.45, 7) is 1.61. The smallest absolute Gasteiger partial charge is 0.129 e. The molecule has 0 spiro atoms. The number of nitrogens with zero attached hydrogens (tertiary/aromatic N) is 1. The Morgan fingerprint density at radius 1 is 1.17 bits per heavy atom. The minimum atomic E-state index is -0.782. The van der Waals surface area contributed by atoms with E-state index in [-0.39, 0.29) is 23.4 Å². The normalized spacial score (nSPS) is 25.6. The number of carbonyl (C=O) groups excluding carboxylic acids is 1. The zero-order valence-electron chi connectivity index (χ0n) is 17.2. The zero-order chi connectivity index (χ0) is 21.2. The van der Waals surface area contributed by atoms with E-state index < -0.39 is 18.3 Å². The number of unbranched alkanes of at least 4 members (excludes halogenated alkanes) is 3. The van der Waals surface area contributed by atoms with Gasteiger partial charge in [0.2, 0.25) is 0 Å². The van der Waals surface area contributed by atoms with E-state index >= 15 is 0 Å². The molecule has 1 aliphatic rings. The van der Waals surface area contributed by atoms with E-state index in [2.05, 4.69) is 4.99 Å². The second kappa shape index (κ2) is 12.2. The fourth-order valence-corrected chi connectivity index (χ4v) is 4.25. The van der Waals surface area contributed by atoms with Gasteiger partial charge in [0, 0.05) is 12.6 Å². The molecule has 1 fully saturated rings. The Labute approximate surface area is 172 Å². The van der Waals surface area contributed by atoms with Crippen LogP contribution in [0.25, 0.3) is 0 Å². The molecule has 1 aliphatic carbocycles. The first-order valence-electron chi connectivity index (χ1n) is 10.7. The van der Waals surface area contributed by atoms with Crippen LogP contribution in [-0.4, -0.2) is 45.6 Å². The molecule has 29 heavy (non-hydrogen) atoms. The predicted molar refractivity (Wildman–Crippen MR) is 112 cm³/mol. The lowest BCUT2D eigenvalue weighted by Gasteiger charge is -2.24. The second-order valence-electron chi connectivity index (χ2n) is 8.26. The zero-order valence-corrected chi connectivity index (χ0v) is 17.2. The quantitative estimate of drug-likeness (QED) is 0.361. The standard InChI is InChI=1S/C23H34FNO4/c1-16(26)7-4-2-3-5-10-20-21(23(29)14-22(20)28)12-11-19(27)15-25-18-9-6-8-17(24)13-18/h6,8-9,13,15,19-23,27-29H,2-5,7,10-12,14H2,1H3/b25-15+/t19?,20-,21-,22+,23-/m1/s1. The van der Waals surface area contributed by atoms with Crippen molar-refractivity contribution >= 4 is 17.7 Å². The molecule has 1 aromatic rings. The number of hydrogen-bond donors (Lipinski definition) is 3. The van der Waals surface area contributed by atoms with Crippen LogP contribution in [0.1, 0.15) is 64.7 Å². The fourth-order valence-electron chi connectivity index (χ4n) is 4.25. The van der Waals surface area contributed by atoms with Gasteiger partial charge in [0.15, 0.2) is 0 Å². The van der Waals surface area contributed by atoms with Crippen LogP contribution < -0.4 is 0 Å². The number of aliphatic imine (C=N–C) groups is 1. The molecule has 6 heteroatoms. The van der Waals surface area contributed by atoms with Gasteiger partial charge in [-0.05, 0) is 69.1 Å². The lowest BCUT2D eigenvalue weighted by molar-refractivity contribution is -0.117. The summed E-state index contributed by atoms with van der Waals surface area (Å²) in [6, 6.07) is 5.86. The van der Waals surface area contributed by atoms with Crippen LogP contribution in [0.3, 0.4) is 0 Å². The van der Waals surface area contributed by atoms with Crippen LogP contribution >= 0.6 is 0 Å². The van der Waals surface area contributed by atoms with Crippen molar-refractivity contribution in [3.05, 3.63) is 30.1 Å². The van der Waals surface area contributed by atoms with E-state index in [9.17, 15) is 24.5 Å². The Morgan fingerprint density at radius 3 is 2.55 bits per heavy atom. The summed E-state index contributed by atoms with van der Waals surface area (Å²) in [7, 11) is 0. The molecule has 0 saturated heterocycles. The van der Waals surface area contributed by atoms with Gasteiger partial charge < -0.3 is 20.1 Å². The largest absolute Gasteiger partial charge is 0.393 e. The molecular formula is C23H34FNO4. The Hall–Kier alpha value is -1.63. The number of Topliss-reactive ketones (excluding diaryl/α,β-unsaturated/α-hetero) is 1. The highest BCUT2D eigenvalue weighted by Crippen LogP contribution is 2.39. The summed E-state index contributed by atoms with van der Waals surface area (Å²) in [6.07, 6.45) is 6.33. The summed E-state index contributed by atoms with van der Waals surface area (Å²) in [5.74, 6) is -0.162. The molecule has 0 heterocycles. The third-order valence-electron chi connectivity index (χ3n) is 5.84. The number of benzene rings is 1. The molecule has 2 rings (SSSR count). The highest BCUT2D eigenvalue weighted by atomic mass is 19.1. The molecule has 0 radical (unpaired) electrons. The van der Waals surface area contributed by atoms with Gasteiger partial charge in [-0.3, -0.25) is 4.99 Å². The average Bonchev–Trinajstić information content (AvgIpc) is 2.93. The SMILES string of the molecule is CC(=O)CCCCCC[C@@H]1[C@@H](CCC(O)/C=N/c2cccc(F)c2)[C@H](O)C[C@@H]1O. The third-order valence-corrected chi connectivity index (χ3v) is 5.84. The first kappa shape index (κ1) is 23.6. The third kappa shape index (κ3) is 8.33. The molecule has 1 aromatic carbocycles. The molecule has 5 nitrogen and oxygen atoms in total. The highest BCUT2D eigenvalue weighted by molar-refractivity contribution is 5.75. The first-order valence-corrected chi connectivity index (χ1v) is 10.7. The van der Waals surface area contributed by atoms with Gasteiger partial charge in [-0.1, -0.05) is 25.3 Å². The van der Waals surface area contributed by atoms with Gasteiger partial charge in [-0.15, -0.1) is 0 Å². The van der Waals surface area contributed by atoms with E-state index in [1.165, 1.54) is 18.3 Å². The summed E-state index contributed by atoms with van der Waals surface area (Å²) in [4.78, 5) is 15.1. The molecule has 1 unspecified atom stereocenters. The number of ketones is 1. The van der Waals surface area contributed by atoms with Gasteiger partial charge in [-0.25, -0.2) is 4.39 Å². The van der Waals surface area contributed by atoms with E-state index in [1.54, 1.807) is 19.1 Å². The van der Waals surface area contributed by atoms with E-state index in [1.807, 2.05) is 0 Å². The van der Waals surface area contributed by atoms with Gasteiger partial charge >= 0.3 is 0 Å². The van der Waals surface area contributed by atoms with Crippen molar-refractivity contribution < 1.29 is 24.5 Å². The lowest BCUT2D eigenvalue weighted by atomic mass is 9.85. The molecule has 1 saturated carbocycles. The van der Waals surface area contributed by atoms with Crippen LogP contribution in [-0.2, 0) is 4.79 Å². The Balaban J connectivity index is 1.76. The number of hydrogen-bond acceptors (Lipinski definition) is 5. The van der Waals surface area contributed by atoms with Crippen molar-refractivity contribution in [3.63, 3.8) is 0 Å². The summed E-state index contributed by atoms with van der Waals surface area (Å²) >= 11 is 0. The molecular weight excluding hydrogens is 373 g/mol. The molecule has 0 aromatic heterocycles. The maximum Gasteiger partial charge on any atom is 0.129 e. The van der Waals surface area contributed by atoms with Crippen molar-refractivity contribution in [2.45, 2.75) is 83.0 Å². The number of carbonyl (C=O) groups is 1. The van der Waals surface area contributed by atoms with Gasteiger partial charge in [-0.2, -0.15) is 0 Å². The Bertz CT molecular complexity index is 666. The summed E-state index contributed by atoms with van der Waals surface area (Å²) < 4.78 is 13.2. The van der Waals surface area contributed by atoms with Crippen LogP contribution in [0, 0.1) is 17.7 Å². The average molecular weight is 408 g/mol. The predicted octanol–water partition coefficient (Wildman–Crippen LogP) is 3.96. The minimum Gasteiger partial charge on any atom is -0.393 e. The first-order chi connectivity index (χ1) is 13.9. The summed E-state index contributed by atoms with van der Waals surface area (Å²) in [5.41, 5.74) is 0.447. The number of rotatable bonds is 12. The van der Waals surface area contributed by atoms with Crippen LogP contribution in [0.5, 0.6) is 0 Å². The van der Waals surface area contributed by atoms with Gasteiger partial charge in [0.05, 0.1) is 24.0 Å². The second-order valence-corrected chi connectivity index (χ2v) is 8.26. The van der Waals surface area contributed by atoms with Crippen LogP contribution in [0.15, 0.2) is 29.3 Å². The summed E-state index contributed by atoms with van der Waals surface area (Å²) in [5, 5.41) is 30.8.